The Hall–Kier alpha value is -1.87. The molecular formula is C16H17ClN2O. The molecular weight excluding hydrogens is 272 g/mol. The van der Waals surface area contributed by atoms with Crippen molar-refractivity contribution in [2.75, 3.05) is 5.32 Å². The van der Waals surface area contributed by atoms with E-state index in [0.29, 0.717) is 16.4 Å². The van der Waals surface area contributed by atoms with Crippen molar-refractivity contribution in [2.24, 2.45) is 0 Å². The molecule has 0 atom stereocenters. The molecule has 0 bridgehead atoms. The number of benzene rings is 1. The number of amides is 1. The highest BCUT2D eigenvalue weighted by Gasteiger charge is 2.15. The van der Waals surface area contributed by atoms with Crippen molar-refractivity contribution in [1.82, 2.24) is 4.98 Å². The molecule has 3 nitrogen and oxygen atoms in total. The molecule has 1 amide bonds. The number of aryl methyl sites for hydroxylation is 4. The topological polar surface area (TPSA) is 42.0 Å². The first-order valence-electron chi connectivity index (χ1n) is 6.40. The van der Waals surface area contributed by atoms with Crippen molar-refractivity contribution in [3.63, 3.8) is 0 Å². The van der Waals surface area contributed by atoms with E-state index < -0.39 is 0 Å². The first kappa shape index (κ1) is 14.5. The average Bonchev–Trinajstić information content (AvgIpc) is 2.32. The zero-order valence-corrected chi connectivity index (χ0v) is 12.8. The molecule has 0 aliphatic heterocycles. The Morgan fingerprint density at radius 1 is 1.10 bits per heavy atom. The molecule has 0 radical (unpaired) electrons. The lowest BCUT2D eigenvalue weighted by atomic mass is 9.99. The fraction of sp³-hybridized carbons (Fsp3) is 0.250. The number of anilines is 1. The maximum absolute atomic E-state index is 12.5. The van der Waals surface area contributed by atoms with Crippen LogP contribution in [0.4, 0.5) is 5.69 Å². The second kappa shape index (κ2) is 5.63. The van der Waals surface area contributed by atoms with Gasteiger partial charge in [-0.05, 0) is 50.5 Å². The average molecular weight is 289 g/mol. The monoisotopic (exact) mass is 288 g/mol. The first-order valence-corrected chi connectivity index (χ1v) is 6.78. The highest BCUT2D eigenvalue weighted by atomic mass is 35.5. The van der Waals surface area contributed by atoms with Gasteiger partial charge in [-0.3, -0.25) is 4.79 Å². The molecule has 4 heteroatoms. The summed E-state index contributed by atoms with van der Waals surface area (Å²) in [6, 6.07) is 5.82. The van der Waals surface area contributed by atoms with Crippen molar-refractivity contribution < 1.29 is 4.79 Å². The number of hydrogen-bond donors (Lipinski definition) is 1. The van der Waals surface area contributed by atoms with Gasteiger partial charge in [0.2, 0.25) is 0 Å². The number of rotatable bonds is 2. The first-order chi connectivity index (χ1) is 9.40. The summed E-state index contributed by atoms with van der Waals surface area (Å²) in [4.78, 5) is 16.5. The summed E-state index contributed by atoms with van der Waals surface area (Å²) in [5.41, 5.74) is 5.21. The van der Waals surface area contributed by atoms with Crippen LogP contribution in [0.15, 0.2) is 24.4 Å². The van der Waals surface area contributed by atoms with Gasteiger partial charge in [-0.2, -0.15) is 0 Å². The minimum atomic E-state index is -0.155. The van der Waals surface area contributed by atoms with Gasteiger partial charge in [-0.1, -0.05) is 29.3 Å². The Bertz CT molecular complexity index is 637. The van der Waals surface area contributed by atoms with Crippen LogP contribution in [0.25, 0.3) is 0 Å². The number of pyridine rings is 1. The van der Waals surface area contributed by atoms with E-state index in [1.807, 2.05) is 45.9 Å². The standard InChI is InChI=1S/C16H17ClN2O/c1-9-7-11(3)13(12(4)8-9)16(20)19-14-10(2)5-6-18-15(14)17/h5-8H,1-4H3,(H,19,20). The lowest BCUT2D eigenvalue weighted by Crippen LogP contribution is -2.16. The van der Waals surface area contributed by atoms with Gasteiger partial charge in [0.05, 0.1) is 5.69 Å². The van der Waals surface area contributed by atoms with Crippen LogP contribution in [0.5, 0.6) is 0 Å². The third kappa shape index (κ3) is 2.83. The van der Waals surface area contributed by atoms with Crippen molar-refractivity contribution in [1.29, 1.82) is 0 Å². The summed E-state index contributed by atoms with van der Waals surface area (Å²) < 4.78 is 0. The lowest BCUT2D eigenvalue weighted by Gasteiger charge is -2.13. The molecule has 0 saturated carbocycles. The summed E-state index contributed by atoms with van der Waals surface area (Å²) in [6.45, 7) is 7.78. The molecule has 1 aromatic heterocycles. The number of nitrogens with one attached hydrogen (secondary N) is 1. The number of halogens is 1. The summed E-state index contributed by atoms with van der Waals surface area (Å²) in [5.74, 6) is -0.155. The van der Waals surface area contributed by atoms with Crippen LogP contribution >= 0.6 is 11.6 Å². The number of carbonyl (C=O) groups excluding carboxylic acids is 1. The second-order valence-electron chi connectivity index (χ2n) is 5.02. The Balaban J connectivity index is 2.39. The normalized spacial score (nSPS) is 10.4. The van der Waals surface area contributed by atoms with Crippen LogP contribution in [-0.2, 0) is 0 Å². The zero-order chi connectivity index (χ0) is 14.9. The Kier molecular flexibility index (Phi) is 4.09. The molecule has 2 aromatic rings. The quantitative estimate of drug-likeness (QED) is 0.841. The summed E-state index contributed by atoms with van der Waals surface area (Å²) in [6.07, 6.45) is 1.62. The van der Waals surface area contributed by atoms with Gasteiger partial charge in [0.1, 0.15) is 0 Å². The minimum absolute atomic E-state index is 0.155. The van der Waals surface area contributed by atoms with Crippen LogP contribution < -0.4 is 5.32 Å². The van der Waals surface area contributed by atoms with E-state index in [9.17, 15) is 4.79 Å². The van der Waals surface area contributed by atoms with Gasteiger partial charge in [0.15, 0.2) is 5.15 Å². The van der Waals surface area contributed by atoms with E-state index in [4.69, 9.17) is 11.6 Å². The number of nitrogens with zero attached hydrogens (tertiary/aromatic N) is 1. The Morgan fingerprint density at radius 2 is 1.70 bits per heavy atom. The SMILES string of the molecule is Cc1cc(C)c(C(=O)Nc2c(C)ccnc2Cl)c(C)c1. The van der Waals surface area contributed by atoms with E-state index in [2.05, 4.69) is 10.3 Å². The van der Waals surface area contributed by atoms with Gasteiger partial charge >= 0.3 is 0 Å². The molecule has 0 aliphatic rings. The molecule has 1 aromatic carbocycles. The van der Waals surface area contributed by atoms with Gasteiger partial charge in [-0.15, -0.1) is 0 Å². The van der Waals surface area contributed by atoms with Crippen molar-refractivity contribution in [3.8, 4) is 0 Å². The van der Waals surface area contributed by atoms with E-state index in [1.54, 1.807) is 6.20 Å². The van der Waals surface area contributed by atoms with Crippen molar-refractivity contribution in [3.05, 3.63) is 57.4 Å². The highest BCUT2D eigenvalue weighted by molar-refractivity contribution is 6.33. The molecule has 0 spiro atoms. The summed E-state index contributed by atoms with van der Waals surface area (Å²) in [7, 11) is 0. The minimum Gasteiger partial charge on any atom is -0.319 e. The Labute approximate surface area is 124 Å². The molecule has 2 rings (SSSR count). The smallest absolute Gasteiger partial charge is 0.256 e. The highest BCUT2D eigenvalue weighted by Crippen LogP contribution is 2.25. The fourth-order valence-corrected chi connectivity index (χ4v) is 2.64. The molecule has 0 fully saturated rings. The maximum atomic E-state index is 12.5. The van der Waals surface area contributed by atoms with Crippen LogP contribution in [-0.4, -0.2) is 10.9 Å². The largest absolute Gasteiger partial charge is 0.319 e. The predicted octanol–water partition coefficient (Wildman–Crippen LogP) is 4.22. The second-order valence-corrected chi connectivity index (χ2v) is 5.38. The maximum Gasteiger partial charge on any atom is 0.256 e. The van der Waals surface area contributed by atoms with E-state index in [-0.39, 0.29) is 5.91 Å². The lowest BCUT2D eigenvalue weighted by molar-refractivity contribution is 0.102. The molecule has 20 heavy (non-hydrogen) atoms. The van der Waals surface area contributed by atoms with E-state index in [1.165, 1.54) is 0 Å². The third-order valence-corrected chi connectivity index (χ3v) is 3.54. The predicted molar refractivity (Wildman–Crippen MR) is 82.6 cm³/mol. The summed E-state index contributed by atoms with van der Waals surface area (Å²) in [5, 5.41) is 3.17. The zero-order valence-electron chi connectivity index (χ0n) is 12.0. The van der Waals surface area contributed by atoms with E-state index in [0.717, 1.165) is 22.3 Å². The molecule has 0 aliphatic carbocycles. The van der Waals surface area contributed by atoms with Crippen LogP contribution in [0.2, 0.25) is 5.15 Å². The fourth-order valence-electron chi connectivity index (χ4n) is 2.39. The molecule has 0 saturated heterocycles. The van der Waals surface area contributed by atoms with Gasteiger partial charge < -0.3 is 5.32 Å². The number of hydrogen-bond acceptors (Lipinski definition) is 2. The Morgan fingerprint density at radius 3 is 2.25 bits per heavy atom. The van der Waals surface area contributed by atoms with Crippen LogP contribution in [0, 0.1) is 27.7 Å². The van der Waals surface area contributed by atoms with Gasteiger partial charge in [0, 0.05) is 11.8 Å². The van der Waals surface area contributed by atoms with Crippen molar-refractivity contribution >= 4 is 23.2 Å². The van der Waals surface area contributed by atoms with Gasteiger partial charge in [0.25, 0.3) is 5.91 Å². The number of carbonyl (C=O) groups is 1. The van der Waals surface area contributed by atoms with E-state index >= 15 is 0 Å². The number of aromatic nitrogens is 1. The van der Waals surface area contributed by atoms with Gasteiger partial charge in [-0.25, -0.2) is 4.98 Å². The summed E-state index contributed by atoms with van der Waals surface area (Å²) >= 11 is 6.04. The molecule has 0 unspecified atom stereocenters. The molecule has 1 heterocycles. The van der Waals surface area contributed by atoms with Crippen LogP contribution in [0.3, 0.4) is 0 Å². The van der Waals surface area contributed by atoms with Crippen molar-refractivity contribution in [2.45, 2.75) is 27.7 Å². The van der Waals surface area contributed by atoms with Crippen LogP contribution in [0.1, 0.15) is 32.6 Å². The molecule has 104 valence electrons. The third-order valence-electron chi connectivity index (χ3n) is 3.26. The molecule has 1 N–H and O–H groups in total.